The van der Waals surface area contributed by atoms with Crippen LogP contribution in [0.2, 0.25) is 0 Å². The highest BCUT2D eigenvalue weighted by atomic mass is 19.4. The summed E-state index contributed by atoms with van der Waals surface area (Å²) < 4.78 is 47.0. The van der Waals surface area contributed by atoms with Crippen molar-refractivity contribution in [2.24, 2.45) is 0 Å². The van der Waals surface area contributed by atoms with Crippen molar-refractivity contribution in [3.8, 4) is 5.75 Å². The predicted molar refractivity (Wildman–Crippen MR) is 75.2 cm³/mol. The van der Waals surface area contributed by atoms with E-state index in [0.29, 0.717) is 18.7 Å². The molecule has 0 bridgehead atoms. The highest BCUT2D eigenvalue weighted by molar-refractivity contribution is 5.78. The fraction of sp³-hybridized carbons (Fsp3) is 0.400. The molecule has 1 aromatic heterocycles. The van der Waals surface area contributed by atoms with Crippen LogP contribution < -0.4 is 4.74 Å². The molecule has 0 unspecified atom stereocenters. The van der Waals surface area contributed by atoms with Gasteiger partial charge in [-0.1, -0.05) is 23.4 Å². The quantitative estimate of drug-likeness (QED) is 0.855. The van der Waals surface area contributed by atoms with Gasteiger partial charge in [-0.15, -0.1) is 0 Å². The van der Waals surface area contributed by atoms with Crippen LogP contribution in [0.1, 0.15) is 24.1 Å². The van der Waals surface area contributed by atoms with Crippen LogP contribution in [0.5, 0.6) is 5.75 Å². The van der Waals surface area contributed by atoms with E-state index < -0.39 is 12.1 Å². The Labute approximate surface area is 135 Å². The Kier molecular flexibility index (Phi) is 4.41. The molecule has 2 heterocycles. The maximum Gasteiger partial charge on any atom is 0.471 e. The molecule has 128 valence electrons. The number of carbonyl (C=O) groups is 1. The average molecular weight is 341 g/mol. The maximum absolute atomic E-state index is 12.5. The fourth-order valence-corrected chi connectivity index (χ4v) is 2.47. The van der Waals surface area contributed by atoms with Gasteiger partial charge >= 0.3 is 12.1 Å². The third kappa shape index (κ3) is 3.66. The summed E-state index contributed by atoms with van der Waals surface area (Å²) in [5, 5.41) is 3.38. The number of benzene rings is 1. The number of alkyl halides is 3. The van der Waals surface area contributed by atoms with Gasteiger partial charge in [-0.25, -0.2) is 0 Å². The van der Waals surface area contributed by atoms with Crippen LogP contribution in [0.15, 0.2) is 34.9 Å². The van der Waals surface area contributed by atoms with Crippen molar-refractivity contribution in [3.05, 3.63) is 42.0 Å². The number of nitrogens with zero attached hydrogens (tertiary/aromatic N) is 3. The van der Waals surface area contributed by atoms with Crippen LogP contribution in [-0.2, 0) is 11.0 Å². The van der Waals surface area contributed by atoms with Gasteiger partial charge in [0.05, 0.1) is 0 Å². The molecule has 9 heteroatoms. The number of amides is 1. The molecular weight excluding hydrogens is 327 g/mol. The summed E-state index contributed by atoms with van der Waals surface area (Å²) >= 11 is 0. The lowest BCUT2D eigenvalue weighted by Gasteiger charge is -2.16. The minimum Gasteiger partial charge on any atom is -0.484 e. The van der Waals surface area contributed by atoms with E-state index in [9.17, 15) is 18.0 Å². The van der Waals surface area contributed by atoms with Crippen LogP contribution in [0.4, 0.5) is 13.2 Å². The van der Waals surface area contributed by atoms with Crippen LogP contribution in [0.3, 0.4) is 0 Å². The Balaban J connectivity index is 1.55. The Bertz CT molecular complexity index is 703. The first-order valence-electron chi connectivity index (χ1n) is 7.30. The first kappa shape index (κ1) is 16.3. The number of carbonyl (C=O) groups excluding carboxylic acids is 1. The summed E-state index contributed by atoms with van der Waals surface area (Å²) in [6.45, 7) is 0.530. The Hall–Kier alpha value is -2.58. The molecule has 0 aliphatic carbocycles. The zero-order valence-corrected chi connectivity index (χ0v) is 12.5. The van der Waals surface area contributed by atoms with Crippen LogP contribution in [0.25, 0.3) is 0 Å². The normalized spacial score (nSPS) is 18.0. The first-order chi connectivity index (χ1) is 11.4. The van der Waals surface area contributed by atoms with Crippen LogP contribution >= 0.6 is 0 Å². The van der Waals surface area contributed by atoms with Gasteiger partial charge in [0.1, 0.15) is 5.75 Å². The van der Waals surface area contributed by atoms with Crippen molar-refractivity contribution in [1.29, 1.82) is 0 Å². The van der Waals surface area contributed by atoms with Crippen molar-refractivity contribution < 1.29 is 27.2 Å². The topological polar surface area (TPSA) is 68.5 Å². The van der Waals surface area contributed by atoms with E-state index in [4.69, 9.17) is 4.74 Å². The van der Waals surface area contributed by atoms with Crippen molar-refractivity contribution in [1.82, 2.24) is 15.0 Å². The standard InChI is InChI=1S/C15H14F3N3O3/c16-15(17,18)14-19-13(20-24-14)10-6-7-21(8-10)12(22)9-23-11-4-2-1-3-5-11/h1-5,10H,6-9H2/t10-/m1/s1. The van der Waals surface area contributed by atoms with E-state index in [1.807, 2.05) is 6.07 Å². The third-order valence-corrected chi connectivity index (χ3v) is 3.70. The highest BCUT2D eigenvalue weighted by Crippen LogP contribution is 2.31. The van der Waals surface area contributed by atoms with E-state index in [0.717, 1.165) is 0 Å². The molecule has 1 amide bonds. The molecule has 1 aromatic carbocycles. The second kappa shape index (κ2) is 6.50. The zero-order chi connectivity index (χ0) is 17.2. The molecule has 0 radical (unpaired) electrons. The van der Waals surface area contributed by atoms with Gasteiger partial charge in [-0.2, -0.15) is 18.2 Å². The number of para-hydroxylation sites is 1. The molecular formula is C15H14F3N3O3. The Morgan fingerprint density at radius 2 is 2.08 bits per heavy atom. The molecule has 1 aliphatic rings. The Morgan fingerprint density at radius 1 is 1.33 bits per heavy atom. The van der Waals surface area contributed by atoms with Crippen LogP contribution in [0, 0.1) is 0 Å². The number of ether oxygens (including phenoxy) is 1. The first-order valence-corrected chi connectivity index (χ1v) is 7.30. The molecule has 1 fully saturated rings. The monoisotopic (exact) mass is 341 g/mol. The maximum atomic E-state index is 12.5. The lowest BCUT2D eigenvalue weighted by atomic mass is 10.1. The number of rotatable bonds is 4. The van der Waals surface area contributed by atoms with Gasteiger partial charge in [0, 0.05) is 19.0 Å². The van der Waals surface area contributed by atoms with Crippen LogP contribution in [-0.4, -0.2) is 40.6 Å². The van der Waals surface area contributed by atoms with Gasteiger partial charge in [-0.3, -0.25) is 4.79 Å². The van der Waals surface area contributed by atoms with Gasteiger partial charge in [0.25, 0.3) is 5.91 Å². The zero-order valence-electron chi connectivity index (χ0n) is 12.5. The van der Waals surface area contributed by atoms with Gasteiger partial charge < -0.3 is 14.2 Å². The smallest absolute Gasteiger partial charge is 0.471 e. The van der Waals surface area contributed by atoms with Gasteiger partial charge in [-0.05, 0) is 18.6 Å². The number of likely N-dealkylation sites (tertiary alicyclic amines) is 1. The molecule has 0 saturated carbocycles. The van der Waals surface area contributed by atoms with E-state index in [1.165, 1.54) is 4.90 Å². The SMILES string of the molecule is O=C(COc1ccccc1)N1CC[C@@H](c2noc(C(F)(F)F)n2)C1. The molecule has 1 saturated heterocycles. The van der Waals surface area contributed by atoms with E-state index in [-0.39, 0.29) is 30.8 Å². The van der Waals surface area contributed by atoms with Crippen molar-refractivity contribution in [3.63, 3.8) is 0 Å². The summed E-state index contributed by atoms with van der Waals surface area (Å²) in [6, 6.07) is 8.89. The molecule has 1 atom stereocenters. The number of aromatic nitrogens is 2. The number of hydrogen-bond acceptors (Lipinski definition) is 5. The van der Waals surface area contributed by atoms with Crippen molar-refractivity contribution >= 4 is 5.91 Å². The second-order valence-corrected chi connectivity index (χ2v) is 5.38. The average Bonchev–Trinajstić information content (AvgIpc) is 3.21. The number of halogens is 3. The molecule has 24 heavy (non-hydrogen) atoms. The Morgan fingerprint density at radius 3 is 2.75 bits per heavy atom. The predicted octanol–water partition coefficient (Wildman–Crippen LogP) is 2.48. The second-order valence-electron chi connectivity index (χ2n) is 5.38. The summed E-state index contributed by atoms with van der Waals surface area (Å²) in [4.78, 5) is 17.0. The highest BCUT2D eigenvalue weighted by Gasteiger charge is 2.40. The van der Waals surface area contributed by atoms with E-state index >= 15 is 0 Å². The van der Waals surface area contributed by atoms with E-state index in [2.05, 4.69) is 14.7 Å². The lowest BCUT2D eigenvalue weighted by molar-refractivity contribution is -0.159. The summed E-state index contributed by atoms with van der Waals surface area (Å²) in [5.41, 5.74) is 0. The van der Waals surface area contributed by atoms with Gasteiger partial charge in [0.15, 0.2) is 12.4 Å². The summed E-state index contributed by atoms with van der Waals surface area (Å²) in [5.74, 6) is -1.42. The molecule has 2 aromatic rings. The molecule has 0 spiro atoms. The molecule has 6 nitrogen and oxygen atoms in total. The molecule has 0 N–H and O–H groups in total. The fourth-order valence-electron chi connectivity index (χ4n) is 2.47. The summed E-state index contributed by atoms with van der Waals surface area (Å²) in [6.07, 6.45) is -4.18. The third-order valence-electron chi connectivity index (χ3n) is 3.70. The lowest BCUT2D eigenvalue weighted by Crippen LogP contribution is -2.32. The minimum atomic E-state index is -4.66. The molecule has 1 aliphatic heterocycles. The largest absolute Gasteiger partial charge is 0.484 e. The summed E-state index contributed by atoms with van der Waals surface area (Å²) in [7, 11) is 0. The molecule has 3 rings (SSSR count). The number of hydrogen-bond donors (Lipinski definition) is 0. The van der Waals surface area contributed by atoms with Crippen molar-refractivity contribution in [2.45, 2.75) is 18.5 Å². The van der Waals surface area contributed by atoms with E-state index in [1.54, 1.807) is 24.3 Å². The van der Waals surface area contributed by atoms with Gasteiger partial charge in [0.2, 0.25) is 0 Å². The van der Waals surface area contributed by atoms with Crippen molar-refractivity contribution in [2.75, 3.05) is 19.7 Å². The minimum absolute atomic E-state index is 0.0263.